The van der Waals surface area contributed by atoms with Gasteiger partial charge in [0.1, 0.15) is 12.6 Å². The fourth-order valence-corrected chi connectivity index (χ4v) is 5.43. The van der Waals surface area contributed by atoms with Gasteiger partial charge >= 0.3 is 12.8 Å². The van der Waals surface area contributed by atoms with Crippen LogP contribution in [0.5, 0.6) is 5.75 Å². The van der Waals surface area contributed by atoms with Gasteiger partial charge in [0.15, 0.2) is 5.75 Å². The Balaban J connectivity index is 1.60. The molecule has 41 heavy (non-hydrogen) atoms. The van der Waals surface area contributed by atoms with Crippen LogP contribution in [0, 0.1) is 0 Å². The number of ether oxygens (including phenoxy) is 2. The van der Waals surface area contributed by atoms with Crippen molar-refractivity contribution >= 4 is 52.0 Å². The second-order valence-electron chi connectivity index (χ2n) is 9.35. The monoisotopic (exact) mass is 624 g/mol. The van der Waals surface area contributed by atoms with Crippen molar-refractivity contribution in [2.75, 3.05) is 43.1 Å². The maximum atomic E-state index is 13.6. The summed E-state index contributed by atoms with van der Waals surface area (Å²) in [5, 5.41) is 4.88. The van der Waals surface area contributed by atoms with Crippen molar-refractivity contribution in [3.63, 3.8) is 0 Å². The lowest BCUT2D eigenvalue weighted by atomic mass is 9.90. The normalized spacial score (nSPS) is 17.0. The molecule has 2 heterocycles. The first-order valence-corrected chi connectivity index (χ1v) is 13.7. The van der Waals surface area contributed by atoms with Crippen molar-refractivity contribution in [1.82, 2.24) is 10.2 Å². The topological polar surface area (TPSA) is 100 Å². The van der Waals surface area contributed by atoms with Crippen LogP contribution in [0.1, 0.15) is 28.9 Å². The van der Waals surface area contributed by atoms with Gasteiger partial charge in [-0.05, 0) is 37.1 Å². The number of nitrogens with one attached hydrogen (secondary N) is 2. The van der Waals surface area contributed by atoms with E-state index in [0.29, 0.717) is 23.6 Å². The minimum absolute atomic E-state index is 0.156. The summed E-state index contributed by atoms with van der Waals surface area (Å²) >= 11 is 6.82. The van der Waals surface area contributed by atoms with Gasteiger partial charge in [0.05, 0.1) is 28.1 Å². The highest BCUT2D eigenvalue weighted by Crippen LogP contribution is 2.34. The molecule has 0 bridgehead atoms. The SMILES string of the molecule is O=C(NC[C@H](C(=O)Nc1ccc(N2CCOCC2=O)cc1OC(F)F)N(CC(F)(F)F)C1CCC1)c1ccc(Cl)s1. The van der Waals surface area contributed by atoms with E-state index in [9.17, 15) is 36.3 Å². The third-order valence-electron chi connectivity index (χ3n) is 6.60. The second kappa shape index (κ2) is 13.3. The summed E-state index contributed by atoms with van der Waals surface area (Å²) in [6.45, 7) is -5.05. The molecule has 0 unspecified atom stereocenters. The Morgan fingerprint density at radius 2 is 1.98 bits per heavy atom. The van der Waals surface area contributed by atoms with Crippen LogP contribution >= 0.6 is 22.9 Å². The Kier molecular flexibility index (Phi) is 10.0. The molecular formula is C25H26ClF5N4O5S. The summed E-state index contributed by atoms with van der Waals surface area (Å²) in [5.41, 5.74) is -0.0415. The number of thiophene rings is 1. The van der Waals surface area contributed by atoms with Crippen LogP contribution in [0.4, 0.5) is 33.3 Å². The predicted octanol–water partition coefficient (Wildman–Crippen LogP) is 4.52. The zero-order chi connectivity index (χ0) is 29.7. The van der Waals surface area contributed by atoms with Gasteiger partial charge in [0, 0.05) is 30.9 Å². The Morgan fingerprint density at radius 3 is 2.56 bits per heavy atom. The molecule has 1 saturated heterocycles. The third kappa shape index (κ3) is 8.27. The number of rotatable bonds is 11. The standard InChI is InChI=1S/C25H26ClF5N4O5S/c26-20-7-6-19(41-20)23(38)32-11-17(35(13-25(29,30)31)14-2-1-3-14)22(37)33-16-5-4-15(10-18(16)40-24(27)28)34-8-9-39-12-21(34)36/h4-7,10,14,17,24H,1-3,8-9,11-13H2,(H,32,38)(H,33,37)/t17-/m1/s1. The molecule has 224 valence electrons. The highest BCUT2D eigenvalue weighted by Gasteiger charge is 2.42. The molecule has 1 aliphatic heterocycles. The maximum Gasteiger partial charge on any atom is 0.401 e. The Bertz CT molecular complexity index is 1260. The highest BCUT2D eigenvalue weighted by molar-refractivity contribution is 7.18. The number of hydrogen-bond acceptors (Lipinski definition) is 7. The van der Waals surface area contributed by atoms with Crippen LogP contribution in [0.3, 0.4) is 0 Å². The van der Waals surface area contributed by atoms with E-state index in [1.165, 1.54) is 29.2 Å². The lowest BCUT2D eigenvalue weighted by Crippen LogP contribution is -2.58. The number of alkyl halides is 5. The number of hydrogen-bond donors (Lipinski definition) is 2. The Hall–Kier alpha value is -3.01. The summed E-state index contributed by atoms with van der Waals surface area (Å²) in [7, 11) is 0. The molecule has 1 saturated carbocycles. The van der Waals surface area contributed by atoms with Crippen molar-refractivity contribution < 1.29 is 45.8 Å². The average Bonchev–Trinajstić information content (AvgIpc) is 3.29. The molecule has 2 aliphatic rings. The van der Waals surface area contributed by atoms with E-state index in [2.05, 4.69) is 15.4 Å². The zero-order valence-corrected chi connectivity index (χ0v) is 23.0. The fraction of sp³-hybridized carbons (Fsp3) is 0.480. The molecule has 1 atom stereocenters. The summed E-state index contributed by atoms with van der Waals surface area (Å²) in [6.07, 6.45) is -3.16. The molecular weight excluding hydrogens is 599 g/mol. The van der Waals surface area contributed by atoms with Crippen LogP contribution < -0.4 is 20.3 Å². The average molecular weight is 625 g/mol. The number of amides is 3. The molecule has 9 nitrogen and oxygen atoms in total. The van der Waals surface area contributed by atoms with Crippen LogP contribution in [-0.4, -0.2) is 80.3 Å². The number of carbonyl (C=O) groups is 3. The molecule has 4 rings (SSSR count). The number of benzene rings is 1. The fourth-order valence-electron chi connectivity index (χ4n) is 4.48. The van der Waals surface area contributed by atoms with E-state index in [4.69, 9.17) is 16.3 Å². The summed E-state index contributed by atoms with van der Waals surface area (Å²) in [5.74, 6) is -2.52. The van der Waals surface area contributed by atoms with Crippen LogP contribution in [0.2, 0.25) is 4.34 Å². The van der Waals surface area contributed by atoms with E-state index < -0.39 is 61.4 Å². The number of carbonyl (C=O) groups excluding carboxylic acids is 3. The first kappa shape index (κ1) is 30.9. The summed E-state index contributed by atoms with van der Waals surface area (Å²) in [4.78, 5) is 40.8. The van der Waals surface area contributed by atoms with E-state index in [1.807, 2.05) is 0 Å². The molecule has 2 fully saturated rings. The number of anilines is 2. The minimum Gasteiger partial charge on any atom is -0.433 e. The second-order valence-corrected chi connectivity index (χ2v) is 11.1. The quantitative estimate of drug-likeness (QED) is 0.357. The minimum atomic E-state index is -4.66. The van der Waals surface area contributed by atoms with E-state index >= 15 is 0 Å². The van der Waals surface area contributed by atoms with Gasteiger partial charge in [-0.2, -0.15) is 22.0 Å². The van der Waals surface area contributed by atoms with Gasteiger partial charge in [-0.1, -0.05) is 18.0 Å². The molecule has 0 spiro atoms. The molecule has 2 aromatic rings. The van der Waals surface area contributed by atoms with Crippen molar-refractivity contribution in [3.8, 4) is 5.75 Å². The van der Waals surface area contributed by atoms with Gasteiger partial charge in [-0.15, -0.1) is 11.3 Å². The molecule has 1 aliphatic carbocycles. The number of nitrogens with zero attached hydrogens (tertiary/aromatic N) is 2. The lowest BCUT2D eigenvalue weighted by molar-refractivity contribution is -0.163. The van der Waals surface area contributed by atoms with Crippen molar-refractivity contribution in [2.24, 2.45) is 0 Å². The summed E-state index contributed by atoms with van der Waals surface area (Å²) in [6, 6.07) is 4.55. The Morgan fingerprint density at radius 1 is 1.22 bits per heavy atom. The molecule has 3 amide bonds. The smallest absolute Gasteiger partial charge is 0.401 e. The van der Waals surface area contributed by atoms with Gasteiger partial charge in [-0.3, -0.25) is 19.3 Å². The van der Waals surface area contributed by atoms with Gasteiger partial charge in [-0.25, -0.2) is 0 Å². The maximum absolute atomic E-state index is 13.6. The largest absolute Gasteiger partial charge is 0.433 e. The lowest BCUT2D eigenvalue weighted by Gasteiger charge is -2.42. The third-order valence-corrected chi connectivity index (χ3v) is 7.83. The molecule has 16 heteroatoms. The first-order chi connectivity index (χ1) is 19.4. The molecule has 1 aromatic heterocycles. The first-order valence-electron chi connectivity index (χ1n) is 12.5. The van der Waals surface area contributed by atoms with Crippen molar-refractivity contribution in [1.29, 1.82) is 0 Å². The zero-order valence-electron chi connectivity index (χ0n) is 21.4. The molecule has 2 N–H and O–H groups in total. The summed E-state index contributed by atoms with van der Waals surface area (Å²) < 4.78 is 77.3. The van der Waals surface area contributed by atoms with E-state index in [1.54, 1.807) is 0 Å². The molecule has 0 radical (unpaired) electrons. The predicted molar refractivity (Wildman–Crippen MR) is 141 cm³/mol. The highest BCUT2D eigenvalue weighted by atomic mass is 35.5. The Labute approximate surface area is 240 Å². The van der Waals surface area contributed by atoms with Crippen LogP contribution in [-0.2, 0) is 14.3 Å². The number of halogens is 6. The van der Waals surface area contributed by atoms with Crippen LogP contribution in [0.15, 0.2) is 30.3 Å². The van der Waals surface area contributed by atoms with E-state index in [0.717, 1.165) is 22.3 Å². The van der Waals surface area contributed by atoms with Crippen LogP contribution in [0.25, 0.3) is 0 Å². The van der Waals surface area contributed by atoms with Gasteiger partial charge in [0.2, 0.25) is 5.91 Å². The van der Waals surface area contributed by atoms with Gasteiger partial charge in [0.25, 0.3) is 11.8 Å². The van der Waals surface area contributed by atoms with Crippen molar-refractivity contribution in [3.05, 3.63) is 39.5 Å². The van der Waals surface area contributed by atoms with Crippen molar-refractivity contribution in [2.45, 2.75) is 44.1 Å². The van der Waals surface area contributed by atoms with Gasteiger partial charge < -0.3 is 25.0 Å². The molecule has 1 aromatic carbocycles. The van der Waals surface area contributed by atoms with E-state index in [-0.39, 0.29) is 36.0 Å². The number of morpholine rings is 1.